The second-order valence-corrected chi connectivity index (χ2v) is 7.12. The largest absolute Gasteiger partial charge is 0.488 e. The molecule has 1 saturated heterocycles. The van der Waals surface area contributed by atoms with E-state index in [-0.39, 0.29) is 6.29 Å². The van der Waals surface area contributed by atoms with E-state index in [1.54, 1.807) is 12.4 Å². The molecule has 4 rings (SSSR count). The first kappa shape index (κ1) is 19.6. The number of hydrogen-bond acceptors (Lipinski definition) is 5. The van der Waals surface area contributed by atoms with Crippen LogP contribution in [-0.2, 0) is 21.5 Å². The van der Waals surface area contributed by atoms with Crippen molar-refractivity contribution in [2.24, 2.45) is 0 Å². The van der Waals surface area contributed by atoms with Gasteiger partial charge in [-0.1, -0.05) is 42.5 Å². The van der Waals surface area contributed by atoms with Gasteiger partial charge < -0.3 is 19.3 Å². The zero-order valence-corrected chi connectivity index (χ0v) is 16.2. The molecule has 2 aromatic carbocycles. The van der Waals surface area contributed by atoms with Crippen molar-refractivity contribution >= 4 is 0 Å². The van der Waals surface area contributed by atoms with E-state index in [1.165, 1.54) is 0 Å². The molecule has 1 atom stereocenters. The molecule has 0 bridgehead atoms. The van der Waals surface area contributed by atoms with Crippen LogP contribution in [0.2, 0.25) is 0 Å². The summed E-state index contributed by atoms with van der Waals surface area (Å²) in [5.74, 6) is 0.671. The van der Waals surface area contributed by atoms with E-state index in [0.29, 0.717) is 32.0 Å². The highest BCUT2D eigenvalue weighted by Crippen LogP contribution is 2.35. The van der Waals surface area contributed by atoms with Gasteiger partial charge in [0.05, 0.1) is 13.2 Å². The maximum Gasteiger partial charge on any atom is 0.191 e. The van der Waals surface area contributed by atoms with E-state index in [0.717, 1.165) is 23.1 Å². The molecule has 3 aromatic rings. The first-order valence-electron chi connectivity index (χ1n) is 9.87. The van der Waals surface area contributed by atoms with Gasteiger partial charge in [0.2, 0.25) is 0 Å². The lowest BCUT2D eigenvalue weighted by molar-refractivity contribution is -0.191. The van der Waals surface area contributed by atoms with Crippen LogP contribution in [0, 0.1) is 0 Å². The van der Waals surface area contributed by atoms with Crippen molar-refractivity contribution in [3.63, 3.8) is 0 Å². The van der Waals surface area contributed by atoms with E-state index in [4.69, 9.17) is 14.2 Å². The lowest BCUT2D eigenvalue weighted by Gasteiger charge is -2.30. The first-order chi connectivity index (χ1) is 14.2. The Morgan fingerprint density at radius 2 is 1.66 bits per heavy atom. The number of pyridine rings is 1. The van der Waals surface area contributed by atoms with Gasteiger partial charge in [0.25, 0.3) is 0 Å². The minimum Gasteiger partial charge on any atom is -0.488 e. The molecular formula is C24H25NO4. The molecule has 1 aliphatic heterocycles. The summed E-state index contributed by atoms with van der Waals surface area (Å²) in [6, 6.07) is 21.1. The topological polar surface area (TPSA) is 60.8 Å². The van der Waals surface area contributed by atoms with Gasteiger partial charge in [-0.15, -0.1) is 0 Å². The van der Waals surface area contributed by atoms with Crippen LogP contribution in [-0.4, -0.2) is 36.2 Å². The normalized spacial score (nSPS) is 16.9. The SMILES string of the molecule is OC(Cc1ccncc1)(c1ccccc1)c1cccc(OCC2OCCCO2)c1. The van der Waals surface area contributed by atoms with Gasteiger partial charge in [0.1, 0.15) is 18.0 Å². The van der Waals surface area contributed by atoms with Crippen LogP contribution in [0.1, 0.15) is 23.1 Å². The summed E-state index contributed by atoms with van der Waals surface area (Å²) in [6.45, 7) is 1.69. The molecule has 0 amide bonds. The van der Waals surface area contributed by atoms with E-state index >= 15 is 0 Å². The minimum atomic E-state index is -1.19. The van der Waals surface area contributed by atoms with Crippen molar-refractivity contribution in [2.75, 3.05) is 19.8 Å². The number of aliphatic hydroxyl groups is 1. The Bertz CT molecular complexity index is 897. The Labute approximate surface area is 170 Å². The van der Waals surface area contributed by atoms with E-state index in [1.807, 2.05) is 66.7 Å². The van der Waals surface area contributed by atoms with Crippen molar-refractivity contribution in [3.05, 3.63) is 95.8 Å². The molecule has 5 heteroatoms. The van der Waals surface area contributed by atoms with Crippen LogP contribution in [0.5, 0.6) is 5.75 Å². The third-order valence-corrected chi connectivity index (χ3v) is 5.05. The highest BCUT2D eigenvalue weighted by molar-refractivity contribution is 5.41. The summed E-state index contributed by atoms with van der Waals surface area (Å²) < 4.78 is 17.0. The molecule has 0 radical (unpaired) electrons. The van der Waals surface area contributed by atoms with Gasteiger partial charge in [-0.3, -0.25) is 4.98 Å². The van der Waals surface area contributed by atoms with Crippen molar-refractivity contribution in [1.82, 2.24) is 4.98 Å². The lowest BCUT2D eigenvalue weighted by atomic mass is 9.81. The van der Waals surface area contributed by atoms with Crippen molar-refractivity contribution in [3.8, 4) is 5.75 Å². The van der Waals surface area contributed by atoms with Crippen LogP contribution in [0.4, 0.5) is 0 Å². The third-order valence-electron chi connectivity index (χ3n) is 5.05. The van der Waals surface area contributed by atoms with Crippen molar-refractivity contribution < 1.29 is 19.3 Å². The third kappa shape index (κ3) is 4.82. The van der Waals surface area contributed by atoms with Gasteiger partial charge in [-0.2, -0.15) is 0 Å². The molecule has 1 aromatic heterocycles. The molecule has 2 heterocycles. The number of benzene rings is 2. The first-order valence-corrected chi connectivity index (χ1v) is 9.87. The molecule has 0 spiro atoms. The second kappa shape index (κ2) is 9.18. The quantitative estimate of drug-likeness (QED) is 0.665. The average molecular weight is 391 g/mol. The Hall–Kier alpha value is -2.73. The summed E-state index contributed by atoms with van der Waals surface area (Å²) in [5, 5.41) is 11.8. The van der Waals surface area contributed by atoms with Crippen molar-refractivity contribution in [2.45, 2.75) is 24.7 Å². The smallest absolute Gasteiger partial charge is 0.191 e. The molecule has 1 N–H and O–H groups in total. The number of aromatic nitrogens is 1. The van der Waals surface area contributed by atoms with Gasteiger partial charge in [0, 0.05) is 18.8 Å². The Kier molecular flexibility index (Phi) is 6.20. The van der Waals surface area contributed by atoms with Crippen LogP contribution < -0.4 is 4.74 Å². The van der Waals surface area contributed by atoms with Crippen LogP contribution in [0.15, 0.2) is 79.1 Å². The van der Waals surface area contributed by atoms with E-state index in [2.05, 4.69) is 4.98 Å². The highest BCUT2D eigenvalue weighted by Gasteiger charge is 2.32. The lowest BCUT2D eigenvalue weighted by Crippen LogP contribution is -2.31. The minimum absolute atomic E-state index is 0.317. The Balaban J connectivity index is 1.60. The van der Waals surface area contributed by atoms with Crippen molar-refractivity contribution in [1.29, 1.82) is 0 Å². The number of ether oxygens (including phenoxy) is 3. The molecule has 5 nitrogen and oxygen atoms in total. The summed E-state index contributed by atoms with van der Waals surface area (Å²) in [4.78, 5) is 4.08. The predicted octanol–water partition coefficient (Wildman–Crippen LogP) is 3.70. The van der Waals surface area contributed by atoms with Gasteiger partial charge in [0.15, 0.2) is 6.29 Å². The number of hydrogen-bond donors (Lipinski definition) is 1. The average Bonchev–Trinajstić information content (AvgIpc) is 2.80. The zero-order valence-electron chi connectivity index (χ0n) is 16.2. The number of rotatable bonds is 7. The molecule has 29 heavy (non-hydrogen) atoms. The van der Waals surface area contributed by atoms with Crippen LogP contribution in [0.3, 0.4) is 0 Å². The Morgan fingerprint density at radius 3 is 2.41 bits per heavy atom. The van der Waals surface area contributed by atoms with Gasteiger partial charge in [-0.25, -0.2) is 0 Å². The maximum atomic E-state index is 11.8. The van der Waals surface area contributed by atoms with Crippen LogP contribution >= 0.6 is 0 Å². The molecule has 1 aliphatic rings. The molecule has 1 fully saturated rings. The molecule has 0 aliphatic carbocycles. The molecule has 0 saturated carbocycles. The Morgan fingerprint density at radius 1 is 0.931 bits per heavy atom. The monoisotopic (exact) mass is 391 g/mol. The summed E-state index contributed by atoms with van der Waals surface area (Å²) in [7, 11) is 0. The molecular weight excluding hydrogens is 366 g/mol. The maximum absolute atomic E-state index is 11.8. The van der Waals surface area contributed by atoms with Gasteiger partial charge in [-0.05, 0) is 47.4 Å². The summed E-state index contributed by atoms with van der Waals surface area (Å²) >= 11 is 0. The molecule has 1 unspecified atom stereocenters. The van der Waals surface area contributed by atoms with Crippen LogP contribution in [0.25, 0.3) is 0 Å². The van der Waals surface area contributed by atoms with Gasteiger partial charge >= 0.3 is 0 Å². The fourth-order valence-corrected chi connectivity index (χ4v) is 3.52. The highest BCUT2D eigenvalue weighted by atomic mass is 16.7. The standard InChI is InChI=1S/C24H25NO4/c26-24(20-6-2-1-3-7-20,17-19-10-12-25-13-11-19)21-8-4-9-22(16-21)29-18-23-27-14-5-15-28-23/h1-4,6-13,16,23,26H,5,14-15,17-18H2. The second-order valence-electron chi connectivity index (χ2n) is 7.12. The fraction of sp³-hybridized carbons (Fsp3) is 0.292. The van der Waals surface area contributed by atoms with E-state index in [9.17, 15) is 5.11 Å². The summed E-state index contributed by atoms with van der Waals surface area (Å²) in [6.07, 6.45) is 4.47. The number of nitrogens with zero attached hydrogens (tertiary/aromatic N) is 1. The van der Waals surface area contributed by atoms with E-state index < -0.39 is 5.60 Å². The molecule has 150 valence electrons. The predicted molar refractivity (Wildman–Crippen MR) is 110 cm³/mol. The summed E-state index contributed by atoms with van der Waals surface area (Å²) in [5.41, 5.74) is 1.40. The fourth-order valence-electron chi connectivity index (χ4n) is 3.52. The zero-order chi connectivity index (χ0) is 19.9.